The summed E-state index contributed by atoms with van der Waals surface area (Å²) in [6, 6.07) is 8.49. The molecule has 2 aromatic rings. The van der Waals surface area contributed by atoms with Gasteiger partial charge in [0.2, 0.25) is 0 Å². The quantitative estimate of drug-likeness (QED) is 0.815. The molecule has 0 amide bonds. The smallest absolute Gasteiger partial charge is 0.107 e. The number of rotatable bonds is 5. The van der Waals surface area contributed by atoms with Crippen molar-refractivity contribution < 1.29 is 0 Å². The summed E-state index contributed by atoms with van der Waals surface area (Å²) in [6.45, 7) is 6.22. The fourth-order valence-electron chi connectivity index (χ4n) is 1.70. The maximum Gasteiger partial charge on any atom is 0.107 e. The highest BCUT2D eigenvalue weighted by molar-refractivity contribution is 7.09. The zero-order valence-electron chi connectivity index (χ0n) is 10.4. The van der Waals surface area contributed by atoms with E-state index < -0.39 is 0 Å². The molecule has 2 nitrogen and oxygen atoms in total. The van der Waals surface area contributed by atoms with Gasteiger partial charge in [-0.25, -0.2) is 4.98 Å². The van der Waals surface area contributed by atoms with Gasteiger partial charge in [-0.3, -0.25) is 0 Å². The summed E-state index contributed by atoms with van der Waals surface area (Å²) in [7, 11) is 0. The minimum absolute atomic E-state index is 0.879. The number of nitrogens with zero attached hydrogens (tertiary/aromatic N) is 1. The molecule has 0 unspecified atom stereocenters. The highest BCUT2D eigenvalue weighted by Gasteiger charge is 2.04. The van der Waals surface area contributed by atoms with Crippen LogP contribution >= 0.6 is 11.3 Å². The largest absolute Gasteiger partial charge is 0.310 e. The van der Waals surface area contributed by atoms with Gasteiger partial charge >= 0.3 is 0 Å². The summed E-state index contributed by atoms with van der Waals surface area (Å²) in [4.78, 5) is 4.65. The van der Waals surface area contributed by atoms with Crippen molar-refractivity contribution in [1.82, 2.24) is 10.3 Å². The summed E-state index contributed by atoms with van der Waals surface area (Å²) in [5.74, 6) is 0. The van der Waals surface area contributed by atoms with Gasteiger partial charge in [0.05, 0.1) is 5.69 Å². The van der Waals surface area contributed by atoms with Crippen molar-refractivity contribution in [3.8, 4) is 11.3 Å². The molecule has 0 aliphatic heterocycles. The second-order valence-electron chi connectivity index (χ2n) is 4.17. The predicted octanol–water partition coefficient (Wildman–Crippen LogP) is 3.62. The van der Waals surface area contributed by atoms with E-state index in [9.17, 15) is 0 Å². The molecule has 0 aliphatic rings. The van der Waals surface area contributed by atoms with E-state index in [2.05, 4.69) is 53.8 Å². The number of benzene rings is 1. The number of aromatic nitrogens is 1. The van der Waals surface area contributed by atoms with E-state index in [0.717, 1.165) is 30.2 Å². The first-order valence-electron chi connectivity index (χ1n) is 6.01. The average Bonchev–Trinajstić information content (AvgIpc) is 2.78. The standard InChI is InChI=1S/C14H18N2S/c1-3-7-15-9-14-16-13(10-17-14)12-6-4-5-11(2)8-12/h4-6,8,10,15H,3,7,9H2,1-2H3. The topological polar surface area (TPSA) is 24.9 Å². The van der Waals surface area contributed by atoms with Gasteiger partial charge in [0.25, 0.3) is 0 Å². The Kier molecular flexibility index (Phi) is 4.29. The highest BCUT2D eigenvalue weighted by Crippen LogP contribution is 2.22. The molecule has 0 atom stereocenters. The first-order chi connectivity index (χ1) is 8.29. The highest BCUT2D eigenvalue weighted by atomic mass is 32.1. The van der Waals surface area contributed by atoms with E-state index in [-0.39, 0.29) is 0 Å². The van der Waals surface area contributed by atoms with Crippen LogP contribution in [0, 0.1) is 6.92 Å². The molecule has 0 spiro atoms. The summed E-state index contributed by atoms with van der Waals surface area (Å²) < 4.78 is 0. The van der Waals surface area contributed by atoms with Crippen LogP contribution in [0.1, 0.15) is 23.9 Å². The summed E-state index contributed by atoms with van der Waals surface area (Å²) in [5.41, 5.74) is 3.58. The molecular formula is C14H18N2S. The maximum absolute atomic E-state index is 4.65. The number of aryl methyl sites for hydroxylation is 1. The molecule has 1 N–H and O–H groups in total. The molecule has 0 saturated heterocycles. The lowest BCUT2D eigenvalue weighted by atomic mass is 10.1. The van der Waals surface area contributed by atoms with Crippen molar-refractivity contribution in [1.29, 1.82) is 0 Å². The molecule has 3 heteroatoms. The minimum Gasteiger partial charge on any atom is -0.310 e. The van der Waals surface area contributed by atoms with Crippen molar-refractivity contribution in [3.63, 3.8) is 0 Å². The zero-order valence-corrected chi connectivity index (χ0v) is 11.2. The summed E-state index contributed by atoms with van der Waals surface area (Å²) in [5, 5.41) is 6.67. The number of nitrogens with one attached hydrogen (secondary N) is 1. The molecule has 0 fully saturated rings. The Bertz CT molecular complexity index is 477. The van der Waals surface area contributed by atoms with Gasteiger partial charge in [0.1, 0.15) is 5.01 Å². The summed E-state index contributed by atoms with van der Waals surface area (Å²) >= 11 is 1.73. The maximum atomic E-state index is 4.65. The van der Waals surface area contributed by atoms with Crippen molar-refractivity contribution in [2.75, 3.05) is 6.54 Å². The van der Waals surface area contributed by atoms with E-state index in [1.54, 1.807) is 11.3 Å². The molecule has 1 aromatic carbocycles. The molecule has 2 rings (SSSR count). The van der Waals surface area contributed by atoms with E-state index in [1.165, 1.54) is 11.1 Å². The second kappa shape index (κ2) is 5.94. The van der Waals surface area contributed by atoms with E-state index in [4.69, 9.17) is 0 Å². The Morgan fingerprint density at radius 1 is 1.35 bits per heavy atom. The molecule has 17 heavy (non-hydrogen) atoms. The van der Waals surface area contributed by atoms with Gasteiger partial charge in [-0.2, -0.15) is 0 Å². The lowest BCUT2D eigenvalue weighted by Gasteiger charge is -1.99. The van der Waals surface area contributed by atoms with Gasteiger partial charge in [0.15, 0.2) is 0 Å². The van der Waals surface area contributed by atoms with Crippen molar-refractivity contribution in [3.05, 3.63) is 40.2 Å². The minimum atomic E-state index is 0.879. The van der Waals surface area contributed by atoms with Gasteiger partial charge < -0.3 is 5.32 Å². The fraction of sp³-hybridized carbons (Fsp3) is 0.357. The third-order valence-corrected chi connectivity index (χ3v) is 3.42. The lowest BCUT2D eigenvalue weighted by molar-refractivity contribution is 0.673. The predicted molar refractivity (Wildman–Crippen MR) is 74.3 cm³/mol. The SMILES string of the molecule is CCCNCc1nc(-c2cccc(C)c2)cs1. The third-order valence-electron chi connectivity index (χ3n) is 2.57. The van der Waals surface area contributed by atoms with Gasteiger partial charge in [-0.15, -0.1) is 11.3 Å². The van der Waals surface area contributed by atoms with E-state index in [1.807, 2.05) is 0 Å². The Labute approximate surface area is 107 Å². The molecular weight excluding hydrogens is 228 g/mol. The van der Waals surface area contributed by atoms with Crippen molar-refractivity contribution in [2.24, 2.45) is 0 Å². The van der Waals surface area contributed by atoms with Crippen molar-refractivity contribution in [2.45, 2.75) is 26.8 Å². The molecule has 90 valence electrons. The number of hydrogen-bond acceptors (Lipinski definition) is 3. The van der Waals surface area contributed by atoms with Crippen LogP contribution in [0.4, 0.5) is 0 Å². The molecule has 0 bridgehead atoms. The molecule has 0 aliphatic carbocycles. The molecule has 0 radical (unpaired) electrons. The molecule has 0 saturated carbocycles. The van der Waals surface area contributed by atoms with Gasteiger partial charge in [-0.05, 0) is 26.0 Å². The molecule has 1 heterocycles. The van der Waals surface area contributed by atoms with Crippen LogP contribution in [0.3, 0.4) is 0 Å². The van der Waals surface area contributed by atoms with Crippen LogP contribution in [0.15, 0.2) is 29.6 Å². The Morgan fingerprint density at radius 2 is 2.24 bits per heavy atom. The number of hydrogen-bond donors (Lipinski definition) is 1. The normalized spacial score (nSPS) is 10.7. The van der Waals surface area contributed by atoms with Crippen LogP contribution in [0.5, 0.6) is 0 Å². The van der Waals surface area contributed by atoms with Crippen LogP contribution in [0.25, 0.3) is 11.3 Å². The Hall–Kier alpha value is -1.19. The van der Waals surface area contributed by atoms with Crippen LogP contribution in [-0.4, -0.2) is 11.5 Å². The molecule has 1 aromatic heterocycles. The van der Waals surface area contributed by atoms with Crippen LogP contribution in [-0.2, 0) is 6.54 Å². The summed E-state index contributed by atoms with van der Waals surface area (Å²) in [6.07, 6.45) is 1.16. The van der Waals surface area contributed by atoms with Gasteiger partial charge in [-0.1, -0.05) is 30.7 Å². The third kappa shape index (κ3) is 3.38. The second-order valence-corrected chi connectivity index (χ2v) is 5.12. The lowest BCUT2D eigenvalue weighted by Crippen LogP contribution is -2.13. The first-order valence-corrected chi connectivity index (χ1v) is 6.89. The van der Waals surface area contributed by atoms with Crippen molar-refractivity contribution >= 4 is 11.3 Å². The van der Waals surface area contributed by atoms with Gasteiger partial charge in [0, 0.05) is 17.5 Å². The van der Waals surface area contributed by atoms with E-state index >= 15 is 0 Å². The first kappa shape index (κ1) is 12.3. The van der Waals surface area contributed by atoms with Crippen LogP contribution < -0.4 is 5.32 Å². The van der Waals surface area contributed by atoms with E-state index in [0.29, 0.717) is 0 Å². The fourth-order valence-corrected chi connectivity index (χ4v) is 2.47. The van der Waals surface area contributed by atoms with Crippen LogP contribution in [0.2, 0.25) is 0 Å². The average molecular weight is 246 g/mol. The Balaban J connectivity index is 2.07. The number of thiazole rings is 1. The monoisotopic (exact) mass is 246 g/mol. The Morgan fingerprint density at radius 3 is 3.00 bits per heavy atom. The zero-order chi connectivity index (χ0) is 12.1.